The second-order valence-corrected chi connectivity index (χ2v) is 20.6. The fourth-order valence-corrected chi connectivity index (χ4v) is 7.06. The minimum atomic E-state index is -2.05. The molecule has 1 aromatic carbocycles. The van der Waals surface area contributed by atoms with E-state index in [9.17, 15) is 9.59 Å². The molecule has 1 aliphatic heterocycles. The summed E-state index contributed by atoms with van der Waals surface area (Å²) in [6.07, 6.45) is 8.32. The van der Waals surface area contributed by atoms with E-state index >= 15 is 4.39 Å². The van der Waals surface area contributed by atoms with E-state index in [1.807, 2.05) is 37.8 Å². The van der Waals surface area contributed by atoms with E-state index in [2.05, 4.69) is 59.3 Å². The Morgan fingerprint density at radius 2 is 1.73 bits per heavy atom. The minimum absolute atomic E-state index is 0.0224. The fourth-order valence-electron chi connectivity index (χ4n) is 6.11. The monoisotopic (exact) mass is 689 g/mol. The third-order valence-electron chi connectivity index (χ3n) is 9.93. The van der Waals surface area contributed by atoms with Crippen molar-refractivity contribution in [2.24, 2.45) is 0 Å². The zero-order chi connectivity index (χ0) is 35.3. The first-order chi connectivity index (χ1) is 23.0. The number of rotatable bonds is 8. The van der Waals surface area contributed by atoms with Crippen molar-refractivity contribution in [3.05, 3.63) is 59.9 Å². The molecule has 6 rings (SSSR count). The van der Waals surface area contributed by atoms with E-state index in [1.54, 1.807) is 29.1 Å². The highest BCUT2D eigenvalue weighted by atomic mass is 28.4. The number of pyridine rings is 1. The number of hydrogen-bond donors (Lipinski definition) is 1. The first-order valence-electron chi connectivity index (χ1n) is 17.1. The van der Waals surface area contributed by atoms with Gasteiger partial charge in [0, 0.05) is 48.5 Å². The summed E-state index contributed by atoms with van der Waals surface area (Å²) in [5.74, 6) is -0.974. The van der Waals surface area contributed by atoms with E-state index in [1.165, 1.54) is 6.07 Å². The lowest BCUT2D eigenvalue weighted by atomic mass is 10.0. The van der Waals surface area contributed by atoms with Crippen LogP contribution in [0, 0.1) is 5.82 Å². The van der Waals surface area contributed by atoms with Gasteiger partial charge in [0.25, 0.3) is 5.91 Å². The average Bonchev–Trinajstić information content (AvgIpc) is 3.76. The highest BCUT2D eigenvalue weighted by Crippen LogP contribution is 2.38. The van der Waals surface area contributed by atoms with Gasteiger partial charge >= 0.3 is 6.09 Å². The van der Waals surface area contributed by atoms with Gasteiger partial charge in [-0.1, -0.05) is 20.8 Å². The molecule has 13 heteroatoms. The number of carbonyl (C=O) groups is 2. The number of anilines is 2. The number of benzene rings is 1. The highest BCUT2D eigenvalue weighted by Gasteiger charge is 2.41. The maximum absolute atomic E-state index is 15.2. The predicted molar refractivity (Wildman–Crippen MR) is 191 cm³/mol. The van der Waals surface area contributed by atoms with Crippen LogP contribution in [0.2, 0.25) is 18.1 Å². The predicted octanol–water partition coefficient (Wildman–Crippen LogP) is 7.56. The number of nitrogens with zero attached hydrogens (tertiary/aromatic N) is 6. The standard InChI is InChI=1S/C36H48FN7O4Si/c1-35(2,3)48-34(46)44(24-9-10-24)25-14-17-42(18-15-25)30-12-11-28(31-27(30)13-16-39-41-31)33(45)40-23-19-29(37)32-38-20-26(43(32)21-23)22-47-49(7,8)36(4,5)6/h11-13,16,19-21,24-25H,9-10,14-15,17-18,22H2,1-8H3,(H,40,45). The molecule has 0 atom stereocenters. The zero-order valence-corrected chi connectivity index (χ0v) is 30.8. The molecule has 0 bridgehead atoms. The molecule has 0 radical (unpaired) electrons. The van der Waals surface area contributed by atoms with Gasteiger partial charge in [0.05, 0.1) is 35.9 Å². The Hall–Kier alpha value is -4.10. The maximum atomic E-state index is 15.2. The molecule has 1 aliphatic carbocycles. The van der Waals surface area contributed by atoms with Crippen LogP contribution >= 0.6 is 0 Å². The molecule has 49 heavy (non-hydrogen) atoms. The Morgan fingerprint density at radius 1 is 1.04 bits per heavy atom. The number of imidazole rings is 1. The minimum Gasteiger partial charge on any atom is -0.444 e. The molecule has 2 fully saturated rings. The third-order valence-corrected chi connectivity index (χ3v) is 14.4. The molecular weight excluding hydrogens is 642 g/mol. The van der Waals surface area contributed by atoms with Gasteiger partial charge < -0.3 is 24.3 Å². The molecule has 1 N–H and O–H groups in total. The van der Waals surface area contributed by atoms with Crippen molar-refractivity contribution < 1.29 is 23.1 Å². The SMILES string of the molecule is CC(C)(C)OC(=O)N(C1CC1)C1CCN(c2ccc(C(=O)Nc3cc(F)c4ncc(CO[Si](C)(C)C(C)(C)C)n4c3)c3nnccc23)CC1. The van der Waals surface area contributed by atoms with Crippen molar-refractivity contribution in [2.45, 2.75) is 110 Å². The molecule has 262 valence electrons. The summed E-state index contributed by atoms with van der Waals surface area (Å²) in [6.45, 7) is 18.3. The molecule has 11 nitrogen and oxygen atoms in total. The second-order valence-electron chi connectivity index (χ2n) is 15.8. The van der Waals surface area contributed by atoms with Crippen LogP contribution in [0.3, 0.4) is 0 Å². The van der Waals surface area contributed by atoms with Crippen molar-refractivity contribution in [3.63, 3.8) is 0 Å². The summed E-state index contributed by atoms with van der Waals surface area (Å²) in [6, 6.07) is 7.18. The summed E-state index contributed by atoms with van der Waals surface area (Å²) in [5, 5.41) is 12.1. The van der Waals surface area contributed by atoms with Crippen LogP contribution in [0.5, 0.6) is 0 Å². The fraction of sp³-hybridized carbons (Fsp3) is 0.528. The molecule has 1 saturated carbocycles. The number of halogens is 1. The molecular formula is C36H48FN7O4Si. The lowest BCUT2D eigenvalue weighted by Gasteiger charge is -2.40. The summed E-state index contributed by atoms with van der Waals surface area (Å²) in [5.41, 5.74) is 2.36. The quantitative estimate of drug-likeness (QED) is 0.189. The van der Waals surface area contributed by atoms with Gasteiger partial charge in [0.1, 0.15) is 11.1 Å². The van der Waals surface area contributed by atoms with Gasteiger partial charge in [-0.25, -0.2) is 14.2 Å². The van der Waals surface area contributed by atoms with E-state index in [4.69, 9.17) is 9.16 Å². The van der Waals surface area contributed by atoms with E-state index in [0.717, 1.165) is 49.8 Å². The number of fused-ring (bicyclic) bond motifs is 2. The van der Waals surface area contributed by atoms with Crippen LogP contribution in [-0.4, -0.2) is 75.6 Å². The third kappa shape index (κ3) is 7.42. The topological polar surface area (TPSA) is 114 Å². The number of piperidine rings is 1. The number of amides is 2. The average molecular weight is 690 g/mol. The number of carbonyl (C=O) groups excluding carboxylic acids is 2. The Balaban J connectivity index is 1.19. The van der Waals surface area contributed by atoms with Gasteiger partial charge in [-0.05, 0) is 82.8 Å². The molecule has 3 aromatic heterocycles. The normalized spacial score (nSPS) is 16.3. The first-order valence-corrected chi connectivity index (χ1v) is 20.0. The lowest BCUT2D eigenvalue weighted by molar-refractivity contribution is 0.0113. The largest absolute Gasteiger partial charge is 0.444 e. The van der Waals surface area contributed by atoms with Gasteiger partial charge in [0.2, 0.25) is 0 Å². The molecule has 4 aromatic rings. The molecule has 0 unspecified atom stereocenters. The van der Waals surface area contributed by atoms with Crippen molar-refractivity contribution in [2.75, 3.05) is 23.3 Å². The number of ether oxygens (including phenoxy) is 1. The van der Waals surface area contributed by atoms with Crippen LogP contribution < -0.4 is 10.2 Å². The van der Waals surface area contributed by atoms with Gasteiger partial charge in [-0.3, -0.25) is 9.20 Å². The van der Waals surface area contributed by atoms with Gasteiger partial charge in [-0.15, -0.1) is 5.10 Å². The van der Waals surface area contributed by atoms with Crippen molar-refractivity contribution in [3.8, 4) is 0 Å². The van der Waals surface area contributed by atoms with Crippen molar-refractivity contribution in [1.82, 2.24) is 24.5 Å². The zero-order valence-electron chi connectivity index (χ0n) is 29.8. The number of hydrogen-bond acceptors (Lipinski definition) is 8. The van der Waals surface area contributed by atoms with Crippen molar-refractivity contribution >= 4 is 48.2 Å². The van der Waals surface area contributed by atoms with E-state index in [-0.39, 0.29) is 41.2 Å². The summed E-state index contributed by atoms with van der Waals surface area (Å²) in [4.78, 5) is 35.3. The first kappa shape index (κ1) is 34.7. The highest BCUT2D eigenvalue weighted by molar-refractivity contribution is 6.74. The summed E-state index contributed by atoms with van der Waals surface area (Å²) in [7, 11) is -2.05. The van der Waals surface area contributed by atoms with Crippen LogP contribution in [0.4, 0.5) is 20.6 Å². The summed E-state index contributed by atoms with van der Waals surface area (Å²) >= 11 is 0. The Labute approximate surface area is 288 Å². The van der Waals surface area contributed by atoms with E-state index in [0.29, 0.717) is 16.8 Å². The van der Waals surface area contributed by atoms with Crippen molar-refractivity contribution in [1.29, 1.82) is 0 Å². The molecule has 0 spiro atoms. The number of nitrogens with one attached hydrogen (secondary N) is 1. The Kier molecular flexibility index (Phi) is 9.20. The lowest BCUT2D eigenvalue weighted by Crippen LogP contribution is -2.50. The molecule has 2 aliphatic rings. The van der Waals surface area contributed by atoms with Gasteiger partial charge in [0.15, 0.2) is 19.8 Å². The summed E-state index contributed by atoms with van der Waals surface area (Å²) < 4.78 is 29.0. The Bertz CT molecular complexity index is 1870. The number of aromatic nitrogens is 4. The molecule has 1 saturated heterocycles. The Morgan fingerprint density at radius 3 is 2.39 bits per heavy atom. The van der Waals surface area contributed by atoms with Crippen LogP contribution in [0.15, 0.2) is 42.9 Å². The maximum Gasteiger partial charge on any atom is 0.410 e. The smallest absolute Gasteiger partial charge is 0.410 e. The van der Waals surface area contributed by atoms with E-state index < -0.39 is 25.6 Å². The van der Waals surface area contributed by atoms with Crippen LogP contribution in [-0.2, 0) is 15.8 Å². The van der Waals surface area contributed by atoms with Crippen LogP contribution in [0.25, 0.3) is 16.6 Å². The second kappa shape index (κ2) is 13.0. The molecule has 2 amide bonds. The van der Waals surface area contributed by atoms with Crippen LogP contribution in [0.1, 0.15) is 83.3 Å². The van der Waals surface area contributed by atoms with Gasteiger partial charge in [-0.2, -0.15) is 5.10 Å². The molecule has 4 heterocycles.